The van der Waals surface area contributed by atoms with E-state index in [4.69, 9.17) is 9.47 Å². The molecule has 124 valence electrons. The fraction of sp³-hybridized carbons (Fsp3) is 1.00. The lowest BCUT2D eigenvalue weighted by atomic mass is 9.61. The molecule has 0 aromatic carbocycles. The number of hydrogen-bond acceptors (Lipinski definition) is 3. The molecule has 0 unspecified atom stereocenters. The Kier molecular flexibility index (Phi) is 6.51. The molecule has 2 fully saturated rings. The van der Waals surface area contributed by atoms with E-state index in [1.54, 1.807) is 0 Å². The van der Waals surface area contributed by atoms with Crippen molar-refractivity contribution in [1.29, 1.82) is 0 Å². The molecule has 0 atom stereocenters. The van der Waals surface area contributed by atoms with Gasteiger partial charge in [-0.1, -0.05) is 13.8 Å². The average Bonchev–Trinajstić information content (AvgIpc) is 2.38. The van der Waals surface area contributed by atoms with Gasteiger partial charge in [-0.3, -0.25) is 0 Å². The molecule has 0 radical (unpaired) electrons. The highest BCUT2D eigenvalue weighted by molar-refractivity contribution is 4.97. The van der Waals surface area contributed by atoms with Gasteiger partial charge in [0, 0.05) is 13.2 Å². The topological polar surface area (TPSA) is 21.7 Å². The van der Waals surface area contributed by atoms with Crippen molar-refractivity contribution in [1.82, 2.24) is 4.90 Å². The zero-order valence-corrected chi connectivity index (χ0v) is 14.6. The second-order valence-electron chi connectivity index (χ2n) is 7.84. The van der Waals surface area contributed by atoms with Crippen molar-refractivity contribution >= 4 is 0 Å². The third-order valence-corrected chi connectivity index (χ3v) is 5.15. The highest BCUT2D eigenvalue weighted by Gasteiger charge is 2.46. The third kappa shape index (κ3) is 5.54. The zero-order chi connectivity index (χ0) is 15.3. The van der Waals surface area contributed by atoms with E-state index in [2.05, 4.69) is 32.6 Å². The highest BCUT2D eigenvalue weighted by atomic mass is 16.5. The normalized spacial score (nSPS) is 23.1. The van der Waals surface area contributed by atoms with Crippen LogP contribution in [0.25, 0.3) is 0 Å². The van der Waals surface area contributed by atoms with E-state index in [-0.39, 0.29) is 0 Å². The molecule has 1 saturated heterocycles. The molecule has 0 bridgehead atoms. The summed E-state index contributed by atoms with van der Waals surface area (Å²) >= 11 is 0. The Balaban J connectivity index is 1.56. The summed E-state index contributed by atoms with van der Waals surface area (Å²) in [5.74, 6) is 0.760. The molecule has 1 saturated carbocycles. The summed E-state index contributed by atoms with van der Waals surface area (Å²) in [6, 6.07) is 0. The van der Waals surface area contributed by atoms with Crippen LogP contribution in [0.4, 0.5) is 0 Å². The van der Waals surface area contributed by atoms with E-state index < -0.39 is 0 Å². The first kappa shape index (κ1) is 17.2. The van der Waals surface area contributed by atoms with Crippen molar-refractivity contribution in [3.63, 3.8) is 0 Å². The predicted octanol–water partition coefficient (Wildman–Crippen LogP) is 3.72. The maximum Gasteiger partial charge on any atom is 0.0596 e. The van der Waals surface area contributed by atoms with E-state index in [1.807, 2.05) is 0 Å². The second-order valence-corrected chi connectivity index (χ2v) is 7.84. The number of piperidine rings is 1. The molecule has 21 heavy (non-hydrogen) atoms. The summed E-state index contributed by atoms with van der Waals surface area (Å²) in [5, 5.41) is 0. The fourth-order valence-electron chi connectivity index (χ4n) is 3.57. The van der Waals surface area contributed by atoms with Gasteiger partial charge in [-0.2, -0.15) is 0 Å². The maximum absolute atomic E-state index is 6.00. The molecule has 2 aliphatic rings. The van der Waals surface area contributed by atoms with Crippen LogP contribution in [-0.4, -0.2) is 50.0 Å². The van der Waals surface area contributed by atoms with E-state index in [9.17, 15) is 0 Å². The van der Waals surface area contributed by atoms with Crippen LogP contribution < -0.4 is 0 Å². The van der Waals surface area contributed by atoms with Crippen LogP contribution in [-0.2, 0) is 9.47 Å². The maximum atomic E-state index is 6.00. The average molecular weight is 297 g/mol. The minimum atomic E-state index is 0.358. The molecule has 2 rings (SSSR count). The summed E-state index contributed by atoms with van der Waals surface area (Å²) < 4.78 is 11.7. The molecule has 0 aromatic rings. The zero-order valence-electron chi connectivity index (χ0n) is 14.6. The molecule has 0 amide bonds. The summed E-state index contributed by atoms with van der Waals surface area (Å²) in [4.78, 5) is 2.57. The van der Waals surface area contributed by atoms with Crippen LogP contribution in [0.15, 0.2) is 0 Å². The number of rotatable bonds is 8. The van der Waals surface area contributed by atoms with Crippen molar-refractivity contribution in [3.8, 4) is 0 Å². The van der Waals surface area contributed by atoms with E-state index in [1.165, 1.54) is 45.2 Å². The van der Waals surface area contributed by atoms with Crippen molar-refractivity contribution < 1.29 is 9.47 Å². The molecule has 1 aliphatic carbocycles. The summed E-state index contributed by atoms with van der Waals surface area (Å²) in [6.07, 6.45) is 7.45. The standard InChI is InChI=1S/C18H35NO2/c1-15(2)5-11-21-17-13-18(14-17)6-8-19(9-7-18)10-12-20-16(3)4/h15-17H,5-14H2,1-4H3. The fourth-order valence-corrected chi connectivity index (χ4v) is 3.57. The largest absolute Gasteiger partial charge is 0.378 e. The van der Waals surface area contributed by atoms with Gasteiger partial charge in [-0.15, -0.1) is 0 Å². The minimum Gasteiger partial charge on any atom is -0.378 e. The van der Waals surface area contributed by atoms with Crippen LogP contribution in [0.2, 0.25) is 0 Å². The summed E-state index contributed by atoms with van der Waals surface area (Å²) in [6.45, 7) is 14.2. The molecule has 3 nitrogen and oxygen atoms in total. The third-order valence-electron chi connectivity index (χ3n) is 5.15. The van der Waals surface area contributed by atoms with Gasteiger partial charge in [-0.25, -0.2) is 0 Å². The SMILES string of the molecule is CC(C)CCOC1CC2(CCN(CCOC(C)C)CC2)C1. The quantitative estimate of drug-likeness (QED) is 0.681. The monoisotopic (exact) mass is 297 g/mol. The molecule has 0 aromatic heterocycles. The highest BCUT2D eigenvalue weighted by Crippen LogP contribution is 2.50. The molecular formula is C18H35NO2. The van der Waals surface area contributed by atoms with Crippen LogP contribution >= 0.6 is 0 Å². The Labute approximate surface area is 131 Å². The summed E-state index contributed by atoms with van der Waals surface area (Å²) in [7, 11) is 0. The van der Waals surface area contributed by atoms with E-state index in [0.717, 1.165) is 25.7 Å². The van der Waals surface area contributed by atoms with Crippen molar-refractivity contribution in [2.45, 2.75) is 72.0 Å². The molecule has 0 N–H and O–H groups in total. The van der Waals surface area contributed by atoms with Gasteiger partial charge in [-0.05, 0) is 70.4 Å². The second kappa shape index (κ2) is 7.94. The lowest BCUT2D eigenvalue weighted by Crippen LogP contribution is -2.50. The van der Waals surface area contributed by atoms with Gasteiger partial charge in [0.25, 0.3) is 0 Å². The van der Waals surface area contributed by atoms with E-state index in [0.29, 0.717) is 17.6 Å². The van der Waals surface area contributed by atoms with Gasteiger partial charge in [0.1, 0.15) is 0 Å². The van der Waals surface area contributed by atoms with Crippen molar-refractivity contribution in [2.24, 2.45) is 11.3 Å². The van der Waals surface area contributed by atoms with Gasteiger partial charge in [0.05, 0.1) is 18.8 Å². The van der Waals surface area contributed by atoms with Gasteiger partial charge < -0.3 is 14.4 Å². The minimum absolute atomic E-state index is 0.358. The number of hydrogen-bond donors (Lipinski definition) is 0. The molecular weight excluding hydrogens is 262 g/mol. The van der Waals surface area contributed by atoms with Gasteiger partial charge in [0.15, 0.2) is 0 Å². The van der Waals surface area contributed by atoms with Crippen LogP contribution in [0.5, 0.6) is 0 Å². The Morgan fingerprint density at radius 2 is 1.71 bits per heavy atom. The Morgan fingerprint density at radius 1 is 1.05 bits per heavy atom. The Hall–Kier alpha value is -0.120. The first-order valence-corrected chi connectivity index (χ1v) is 8.95. The lowest BCUT2D eigenvalue weighted by molar-refractivity contribution is -0.107. The molecule has 1 heterocycles. The lowest BCUT2D eigenvalue weighted by Gasteiger charge is -2.52. The van der Waals surface area contributed by atoms with Crippen LogP contribution in [0, 0.1) is 11.3 Å². The Bertz CT molecular complexity index is 288. The number of likely N-dealkylation sites (tertiary alicyclic amines) is 1. The van der Waals surface area contributed by atoms with Crippen molar-refractivity contribution in [2.75, 3.05) is 32.8 Å². The van der Waals surface area contributed by atoms with Crippen LogP contribution in [0.1, 0.15) is 59.8 Å². The van der Waals surface area contributed by atoms with E-state index >= 15 is 0 Å². The first-order chi connectivity index (χ1) is 9.99. The van der Waals surface area contributed by atoms with Gasteiger partial charge in [0.2, 0.25) is 0 Å². The van der Waals surface area contributed by atoms with Crippen molar-refractivity contribution in [3.05, 3.63) is 0 Å². The first-order valence-electron chi connectivity index (χ1n) is 8.95. The summed E-state index contributed by atoms with van der Waals surface area (Å²) in [5.41, 5.74) is 0.623. The predicted molar refractivity (Wildman–Crippen MR) is 87.6 cm³/mol. The molecule has 1 aliphatic heterocycles. The Morgan fingerprint density at radius 3 is 2.29 bits per heavy atom. The molecule has 1 spiro atoms. The number of ether oxygens (including phenoxy) is 2. The van der Waals surface area contributed by atoms with Gasteiger partial charge >= 0.3 is 0 Å². The van der Waals surface area contributed by atoms with Crippen LogP contribution in [0.3, 0.4) is 0 Å². The molecule has 3 heteroatoms. The smallest absolute Gasteiger partial charge is 0.0596 e. The number of nitrogens with zero attached hydrogens (tertiary/aromatic N) is 1.